The number of H-pyrrole nitrogens is 2. The quantitative estimate of drug-likeness (QED) is 0.358. The van der Waals surface area contributed by atoms with Crippen LogP contribution in [0.2, 0.25) is 0 Å². The van der Waals surface area contributed by atoms with Crippen LogP contribution in [0.1, 0.15) is 49.8 Å². The molecule has 1 atom stereocenters. The summed E-state index contributed by atoms with van der Waals surface area (Å²) in [5.74, 6) is 1.12. The number of allylic oxidation sites excluding steroid dienone is 1. The summed E-state index contributed by atoms with van der Waals surface area (Å²) in [6.45, 7) is 9.75. The van der Waals surface area contributed by atoms with Gasteiger partial charge in [-0.3, -0.25) is 0 Å². The van der Waals surface area contributed by atoms with E-state index in [9.17, 15) is 4.79 Å². The summed E-state index contributed by atoms with van der Waals surface area (Å²) in [7, 11) is 0. The smallest absolute Gasteiger partial charge is 0.488 e. The zero-order valence-electron chi connectivity index (χ0n) is 19.4. The molecule has 0 aliphatic carbocycles. The number of nitrogens with one attached hydrogen (secondary N) is 2. The molecule has 3 aromatic rings. The van der Waals surface area contributed by atoms with Crippen LogP contribution < -0.4 is 4.74 Å². The van der Waals surface area contributed by atoms with Crippen molar-refractivity contribution in [2.45, 2.75) is 52.7 Å². The van der Waals surface area contributed by atoms with E-state index in [1.54, 1.807) is 6.07 Å². The monoisotopic (exact) mass is 445 g/mol. The average Bonchev–Trinajstić information content (AvgIpc) is 3.38. The fraction of sp³-hybridized carbons (Fsp3) is 0.308. The Hall–Kier alpha value is -3.74. The Balaban J connectivity index is 1.64. The number of aliphatic imine (C=N–C) groups is 1. The maximum absolute atomic E-state index is 12.5. The van der Waals surface area contributed by atoms with E-state index in [2.05, 4.69) is 23.0 Å². The molecule has 0 spiro atoms. The molecule has 0 radical (unpaired) electrons. The van der Waals surface area contributed by atoms with Gasteiger partial charge >= 0.3 is 6.16 Å². The lowest BCUT2D eigenvalue weighted by molar-refractivity contribution is -0.0229. The normalized spacial score (nSPS) is 21.3. The molecule has 170 valence electrons. The molecule has 4 bridgehead atoms. The van der Waals surface area contributed by atoms with Gasteiger partial charge in [-0.05, 0) is 70.5 Å². The maximum atomic E-state index is 12.5. The summed E-state index contributed by atoms with van der Waals surface area (Å²) in [6, 6.07) is 9.55. The van der Waals surface area contributed by atoms with Gasteiger partial charge in [-0.2, -0.15) is 0 Å². The Kier molecular flexibility index (Phi) is 4.92. The molecule has 1 aromatic carbocycles. The minimum Gasteiger partial charge on any atom is -0.488 e. The lowest BCUT2D eigenvalue weighted by Crippen LogP contribution is -2.33. The molecule has 0 fully saturated rings. The Morgan fingerprint density at radius 1 is 1.18 bits per heavy atom. The highest BCUT2D eigenvalue weighted by molar-refractivity contribution is 6.13. The fourth-order valence-corrected chi connectivity index (χ4v) is 4.47. The molecule has 5 rings (SSSR count). The number of cyclic esters (lactones) is 1. The van der Waals surface area contributed by atoms with E-state index in [-0.39, 0.29) is 6.10 Å². The lowest BCUT2D eigenvalue weighted by atomic mass is 10.0. The highest BCUT2D eigenvalue weighted by Crippen LogP contribution is 2.33. The number of benzene rings is 1. The van der Waals surface area contributed by atoms with Crippen LogP contribution in [0.25, 0.3) is 17.0 Å². The van der Waals surface area contributed by atoms with Crippen molar-refractivity contribution in [2.24, 2.45) is 4.99 Å². The van der Waals surface area contributed by atoms with Crippen molar-refractivity contribution in [3.8, 4) is 5.75 Å². The fourth-order valence-electron chi connectivity index (χ4n) is 4.47. The maximum Gasteiger partial charge on any atom is 0.514 e. The molecular weight excluding hydrogens is 418 g/mol. The SMILES string of the molecule is Cc1cc(C)c(/C=C2\N=C3C=C2OC(C)CC(C)(C)OC(=O)Oc2cccc4[nH]c3cc24)[nH]1. The van der Waals surface area contributed by atoms with Crippen molar-refractivity contribution in [1.82, 2.24) is 9.97 Å². The molecule has 2 N–H and O–H groups in total. The number of carbonyl (C=O) groups is 1. The van der Waals surface area contributed by atoms with E-state index in [0.29, 0.717) is 17.9 Å². The summed E-state index contributed by atoms with van der Waals surface area (Å²) in [4.78, 5) is 24.2. The van der Waals surface area contributed by atoms with Gasteiger partial charge in [-0.1, -0.05) is 6.07 Å². The van der Waals surface area contributed by atoms with Crippen LogP contribution in [0, 0.1) is 13.8 Å². The van der Waals surface area contributed by atoms with Gasteiger partial charge in [0, 0.05) is 34.8 Å². The third-order valence-electron chi connectivity index (χ3n) is 5.79. The zero-order valence-corrected chi connectivity index (χ0v) is 19.4. The predicted octanol–water partition coefficient (Wildman–Crippen LogP) is 5.94. The zero-order chi connectivity index (χ0) is 23.3. The molecule has 1 unspecified atom stereocenters. The van der Waals surface area contributed by atoms with E-state index >= 15 is 0 Å². The number of aromatic nitrogens is 2. The van der Waals surface area contributed by atoms with Crippen LogP contribution >= 0.6 is 0 Å². The number of nitrogens with zero attached hydrogens (tertiary/aromatic N) is 1. The first kappa shape index (κ1) is 21.1. The Bertz CT molecular complexity index is 1350. The van der Waals surface area contributed by atoms with Crippen LogP contribution in [-0.2, 0) is 9.47 Å². The van der Waals surface area contributed by atoms with Gasteiger partial charge in [-0.15, -0.1) is 0 Å². The first-order chi connectivity index (χ1) is 15.7. The third-order valence-corrected chi connectivity index (χ3v) is 5.79. The van der Waals surface area contributed by atoms with Gasteiger partial charge in [0.05, 0.1) is 17.5 Å². The van der Waals surface area contributed by atoms with Gasteiger partial charge in [0.25, 0.3) is 0 Å². The number of carbonyl (C=O) groups excluding carboxylic acids is 1. The Morgan fingerprint density at radius 3 is 2.76 bits per heavy atom. The Morgan fingerprint density at radius 2 is 2.00 bits per heavy atom. The van der Waals surface area contributed by atoms with Crippen LogP contribution in [0.4, 0.5) is 4.79 Å². The molecule has 2 aromatic heterocycles. The molecule has 2 aliphatic heterocycles. The van der Waals surface area contributed by atoms with Gasteiger partial charge in [-0.25, -0.2) is 9.79 Å². The lowest BCUT2D eigenvalue weighted by Gasteiger charge is -2.28. The molecule has 33 heavy (non-hydrogen) atoms. The first-order valence-corrected chi connectivity index (χ1v) is 11.1. The van der Waals surface area contributed by atoms with E-state index in [1.807, 2.05) is 58.0 Å². The van der Waals surface area contributed by atoms with Crippen molar-refractivity contribution in [3.63, 3.8) is 0 Å². The molecule has 7 heteroatoms. The molecule has 0 amide bonds. The summed E-state index contributed by atoms with van der Waals surface area (Å²) in [5, 5.41) is 0.777. The third kappa shape index (κ3) is 4.18. The minimum absolute atomic E-state index is 0.228. The number of fused-ring (bicyclic) bond motifs is 3. The largest absolute Gasteiger partial charge is 0.514 e. The Labute approximate surface area is 192 Å². The number of hydrogen-bond acceptors (Lipinski definition) is 5. The molecular formula is C26H27N3O4. The summed E-state index contributed by atoms with van der Waals surface area (Å²) in [6.07, 6.45) is 3.47. The molecule has 4 heterocycles. The number of hydrogen-bond donors (Lipinski definition) is 2. The summed E-state index contributed by atoms with van der Waals surface area (Å²) < 4.78 is 17.5. The average molecular weight is 446 g/mol. The topological polar surface area (TPSA) is 88.7 Å². The highest BCUT2D eigenvalue weighted by Gasteiger charge is 2.30. The number of aromatic amines is 2. The predicted molar refractivity (Wildman–Crippen MR) is 128 cm³/mol. The number of rotatable bonds is 1. The van der Waals surface area contributed by atoms with Crippen LogP contribution in [-0.4, -0.2) is 33.5 Å². The van der Waals surface area contributed by atoms with Crippen LogP contribution in [0.5, 0.6) is 5.75 Å². The minimum atomic E-state index is -0.780. The van der Waals surface area contributed by atoms with E-state index < -0.39 is 11.8 Å². The van der Waals surface area contributed by atoms with Gasteiger partial charge in [0.2, 0.25) is 0 Å². The van der Waals surface area contributed by atoms with Gasteiger partial charge in [0.1, 0.15) is 22.8 Å². The van der Waals surface area contributed by atoms with Gasteiger partial charge < -0.3 is 24.2 Å². The molecule has 0 saturated heterocycles. The van der Waals surface area contributed by atoms with E-state index in [0.717, 1.165) is 45.0 Å². The second kappa shape index (κ2) is 7.69. The van der Waals surface area contributed by atoms with Crippen LogP contribution in [0.3, 0.4) is 0 Å². The van der Waals surface area contributed by atoms with E-state index in [1.165, 1.54) is 0 Å². The standard InChI is InChI=1S/C26H27N3O4/c1-14-9-15(2)27-19(14)11-22-24-12-21(29-22)20-10-17-18(28-20)7-6-8-23(17)32-25(30)33-26(4,5)13-16(3)31-24/h6-12,16,27-28H,13H2,1-5H3/b22-11-. The van der Waals surface area contributed by atoms with Crippen molar-refractivity contribution in [2.75, 3.05) is 0 Å². The number of ether oxygens (including phenoxy) is 3. The van der Waals surface area contributed by atoms with Gasteiger partial charge in [0.15, 0.2) is 0 Å². The summed E-state index contributed by atoms with van der Waals surface area (Å²) in [5.41, 5.74) is 5.58. The van der Waals surface area contributed by atoms with Crippen molar-refractivity contribution in [3.05, 3.63) is 70.5 Å². The molecule has 7 nitrogen and oxygen atoms in total. The summed E-state index contributed by atoms with van der Waals surface area (Å²) >= 11 is 0. The van der Waals surface area contributed by atoms with E-state index in [4.69, 9.17) is 19.2 Å². The second-order valence-corrected chi connectivity index (χ2v) is 9.33. The molecule has 2 aliphatic rings. The second-order valence-electron chi connectivity index (χ2n) is 9.33. The van der Waals surface area contributed by atoms with Crippen molar-refractivity contribution in [1.29, 1.82) is 0 Å². The van der Waals surface area contributed by atoms with Crippen molar-refractivity contribution < 1.29 is 19.0 Å². The number of aryl methyl sites for hydroxylation is 2. The van der Waals surface area contributed by atoms with Crippen LogP contribution in [0.15, 0.2) is 52.9 Å². The molecule has 0 saturated carbocycles. The van der Waals surface area contributed by atoms with Crippen molar-refractivity contribution >= 4 is 28.8 Å². The first-order valence-electron chi connectivity index (χ1n) is 11.1. The highest BCUT2D eigenvalue weighted by atomic mass is 16.7.